The summed E-state index contributed by atoms with van der Waals surface area (Å²) in [5.74, 6) is -0.190. The van der Waals surface area contributed by atoms with E-state index in [1.165, 1.54) is 0 Å². The van der Waals surface area contributed by atoms with Crippen LogP contribution in [0.4, 0.5) is 0 Å². The minimum Gasteiger partial charge on any atom is -0.378 e. The highest BCUT2D eigenvalue weighted by Gasteiger charge is 2.23. The van der Waals surface area contributed by atoms with Gasteiger partial charge < -0.3 is 15.0 Å². The largest absolute Gasteiger partial charge is 0.378 e. The van der Waals surface area contributed by atoms with Crippen molar-refractivity contribution in [3.8, 4) is 5.69 Å². The summed E-state index contributed by atoms with van der Waals surface area (Å²) < 4.78 is 7.03. The molecule has 138 valence electrons. The molecule has 0 aliphatic carbocycles. The average Bonchev–Trinajstić information content (AvgIpc) is 3.16. The standard InChI is InChI=1S/C19H24N4O3/c1-15(19(25)22-9-11-26-12-10-22)21-18(24)8-7-16-13-20-23(14-16)17-5-3-2-4-6-17/h2-6,13-15H,7-12H2,1H3,(H,21,24). The molecule has 1 aromatic heterocycles. The van der Waals surface area contributed by atoms with Gasteiger partial charge in [0.25, 0.3) is 0 Å². The fourth-order valence-corrected chi connectivity index (χ4v) is 2.90. The summed E-state index contributed by atoms with van der Waals surface area (Å²) in [6.07, 6.45) is 4.59. The van der Waals surface area contributed by atoms with Crippen LogP contribution in [0.2, 0.25) is 0 Å². The first-order chi connectivity index (χ1) is 12.6. The zero-order valence-corrected chi connectivity index (χ0v) is 14.9. The number of aromatic nitrogens is 2. The second kappa shape index (κ2) is 8.62. The average molecular weight is 356 g/mol. The number of ether oxygens (including phenoxy) is 1. The highest BCUT2D eigenvalue weighted by Crippen LogP contribution is 2.09. The zero-order chi connectivity index (χ0) is 18.4. The molecule has 1 aliphatic heterocycles. The van der Waals surface area contributed by atoms with Gasteiger partial charge in [0.1, 0.15) is 6.04 Å². The van der Waals surface area contributed by atoms with Crippen LogP contribution in [0, 0.1) is 0 Å². The maximum atomic E-state index is 12.3. The maximum absolute atomic E-state index is 12.3. The van der Waals surface area contributed by atoms with Crippen molar-refractivity contribution in [2.45, 2.75) is 25.8 Å². The molecule has 1 N–H and O–H groups in total. The number of benzene rings is 1. The molecule has 0 spiro atoms. The smallest absolute Gasteiger partial charge is 0.245 e. The Balaban J connectivity index is 1.46. The number of hydrogen-bond acceptors (Lipinski definition) is 4. The van der Waals surface area contributed by atoms with Crippen molar-refractivity contribution in [1.82, 2.24) is 20.0 Å². The van der Waals surface area contributed by atoms with Crippen molar-refractivity contribution in [2.24, 2.45) is 0 Å². The van der Waals surface area contributed by atoms with Crippen LogP contribution in [0.25, 0.3) is 5.69 Å². The lowest BCUT2D eigenvalue weighted by atomic mass is 10.2. The van der Waals surface area contributed by atoms with Gasteiger partial charge in [-0.2, -0.15) is 5.10 Å². The molecule has 3 rings (SSSR count). The number of rotatable bonds is 6. The molecule has 26 heavy (non-hydrogen) atoms. The SMILES string of the molecule is CC(NC(=O)CCc1cnn(-c2ccccc2)c1)C(=O)N1CCOCC1. The van der Waals surface area contributed by atoms with E-state index in [0.29, 0.717) is 39.1 Å². The lowest BCUT2D eigenvalue weighted by molar-refractivity contribution is -0.139. The highest BCUT2D eigenvalue weighted by molar-refractivity contribution is 5.87. The van der Waals surface area contributed by atoms with E-state index in [4.69, 9.17) is 4.74 Å². The van der Waals surface area contributed by atoms with E-state index >= 15 is 0 Å². The van der Waals surface area contributed by atoms with Crippen molar-refractivity contribution in [3.63, 3.8) is 0 Å². The van der Waals surface area contributed by atoms with Gasteiger partial charge in [0.2, 0.25) is 11.8 Å². The molecule has 1 unspecified atom stereocenters. The highest BCUT2D eigenvalue weighted by atomic mass is 16.5. The molecular formula is C19H24N4O3. The van der Waals surface area contributed by atoms with E-state index in [-0.39, 0.29) is 11.8 Å². The summed E-state index contributed by atoms with van der Waals surface area (Å²) in [5.41, 5.74) is 1.96. The minimum absolute atomic E-state index is 0.0569. The minimum atomic E-state index is -0.521. The number of aryl methyl sites for hydroxylation is 1. The van der Waals surface area contributed by atoms with Crippen LogP contribution in [0.3, 0.4) is 0 Å². The van der Waals surface area contributed by atoms with Crippen LogP contribution in [0.5, 0.6) is 0 Å². The third kappa shape index (κ3) is 4.70. The Morgan fingerprint density at radius 2 is 1.96 bits per heavy atom. The number of carbonyl (C=O) groups is 2. The Morgan fingerprint density at radius 3 is 2.69 bits per heavy atom. The summed E-state index contributed by atoms with van der Waals surface area (Å²) in [4.78, 5) is 26.2. The molecule has 2 aromatic rings. The van der Waals surface area contributed by atoms with E-state index < -0.39 is 6.04 Å². The lowest BCUT2D eigenvalue weighted by Crippen LogP contribution is -2.50. The van der Waals surface area contributed by atoms with Gasteiger partial charge in [-0.25, -0.2) is 4.68 Å². The Morgan fingerprint density at radius 1 is 1.23 bits per heavy atom. The maximum Gasteiger partial charge on any atom is 0.245 e. The Hall–Kier alpha value is -2.67. The number of morpholine rings is 1. The van der Waals surface area contributed by atoms with Gasteiger partial charge in [0, 0.05) is 25.7 Å². The summed E-state index contributed by atoms with van der Waals surface area (Å²) in [6.45, 7) is 3.99. The van der Waals surface area contributed by atoms with Crippen molar-refractivity contribution >= 4 is 11.8 Å². The van der Waals surface area contributed by atoms with Gasteiger partial charge in [-0.15, -0.1) is 0 Å². The third-order valence-corrected chi connectivity index (χ3v) is 4.37. The van der Waals surface area contributed by atoms with E-state index in [2.05, 4.69) is 10.4 Å². The lowest BCUT2D eigenvalue weighted by Gasteiger charge is -2.29. The molecule has 0 saturated carbocycles. The van der Waals surface area contributed by atoms with Gasteiger partial charge in [-0.3, -0.25) is 9.59 Å². The molecular weight excluding hydrogens is 332 g/mol. The molecule has 7 nitrogen and oxygen atoms in total. The predicted octanol–water partition coefficient (Wildman–Crippen LogP) is 1.17. The first kappa shape index (κ1) is 18.1. The van der Waals surface area contributed by atoms with E-state index in [9.17, 15) is 9.59 Å². The van der Waals surface area contributed by atoms with Crippen molar-refractivity contribution in [1.29, 1.82) is 0 Å². The van der Waals surface area contributed by atoms with Crippen molar-refractivity contribution in [3.05, 3.63) is 48.3 Å². The van der Waals surface area contributed by atoms with E-state index in [1.54, 1.807) is 22.7 Å². The number of carbonyl (C=O) groups excluding carboxylic acids is 2. The van der Waals surface area contributed by atoms with Crippen LogP contribution in [0.15, 0.2) is 42.7 Å². The van der Waals surface area contributed by atoms with Gasteiger partial charge in [-0.05, 0) is 31.0 Å². The molecule has 1 fully saturated rings. The number of para-hydroxylation sites is 1. The van der Waals surface area contributed by atoms with Gasteiger partial charge >= 0.3 is 0 Å². The molecule has 1 atom stereocenters. The second-order valence-electron chi connectivity index (χ2n) is 6.36. The number of nitrogens with one attached hydrogen (secondary N) is 1. The summed E-state index contributed by atoms with van der Waals surface area (Å²) >= 11 is 0. The first-order valence-corrected chi connectivity index (χ1v) is 8.88. The number of hydrogen-bond donors (Lipinski definition) is 1. The second-order valence-corrected chi connectivity index (χ2v) is 6.36. The molecule has 0 radical (unpaired) electrons. The molecule has 0 bridgehead atoms. The fraction of sp³-hybridized carbons (Fsp3) is 0.421. The normalized spacial score (nSPS) is 15.5. The summed E-state index contributed by atoms with van der Waals surface area (Å²) in [6, 6.07) is 9.30. The third-order valence-electron chi connectivity index (χ3n) is 4.37. The topological polar surface area (TPSA) is 76.5 Å². The Bertz CT molecular complexity index is 738. The molecule has 1 aromatic carbocycles. The van der Waals surface area contributed by atoms with E-state index in [1.807, 2.05) is 36.5 Å². The monoisotopic (exact) mass is 356 g/mol. The zero-order valence-electron chi connectivity index (χ0n) is 14.9. The van der Waals surface area contributed by atoms with Crippen LogP contribution in [0.1, 0.15) is 18.9 Å². The van der Waals surface area contributed by atoms with Gasteiger partial charge in [-0.1, -0.05) is 18.2 Å². The summed E-state index contributed by atoms with van der Waals surface area (Å²) in [7, 11) is 0. The Kier molecular flexibility index (Phi) is 6.01. The fourth-order valence-electron chi connectivity index (χ4n) is 2.90. The molecule has 1 saturated heterocycles. The first-order valence-electron chi connectivity index (χ1n) is 8.88. The van der Waals surface area contributed by atoms with Crippen LogP contribution in [-0.2, 0) is 20.7 Å². The van der Waals surface area contributed by atoms with Gasteiger partial charge in [0.15, 0.2) is 0 Å². The van der Waals surface area contributed by atoms with Crippen LogP contribution in [-0.4, -0.2) is 58.8 Å². The number of nitrogens with zero attached hydrogens (tertiary/aromatic N) is 3. The van der Waals surface area contributed by atoms with Gasteiger partial charge in [0.05, 0.1) is 25.1 Å². The van der Waals surface area contributed by atoms with Crippen molar-refractivity contribution < 1.29 is 14.3 Å². The summed E-state index contributed by atoms with van der Waals surface area (Å²) in [5, 5.41) is 7.11. The van der Waals surface area contributed by atoms with Crippen molar-refractivity contribution in [2.75, 3.05) is 26.3 Å². The van der Waals surface area contributed by atoms with E-state index in [0.717, 1.165) is 11.3 Å². The Labute approximate surface area is 152 Å². The molecule has 2 amide bonds. The van der Waals surface area contributed by atoms with Crippen LogP contribution < -0.4 is 5.32 Å². The number of amides is 2. The molecule has 2 heterocycles. The molecule has 7 heteroatoms. The van der Waals surface area contributed by atoms with Crippen LogP contribution >= 0.6 is 0 Å². The predicted molar refractivity (Wildman–Crippen MR) is 96.9 cm³/mol. The molecule has 1 aliphatic rings. The quantitative estimate of drug-likeness (QED) is 0.843.